The van der Waals surface area contributed by atoms with E-state index < -0.39 is 0 Å². The highest BCUT2D eigenvalue weighted by molar-refractivity contribution is 5.29. The number of hydrogen-bond acceptors (Lipinski definition) is 1. The summed E-state index contributed by atoms with van der Waals surface area (Å²) in [6, 6.07) is 7.81. The molecule has 0 aromatic heterocycles. The molecule has 1 nitrogen and oxygen atoms in total. The lowest BCUT2D eigenvalue weighted by molar-refractivity contribution is 0.449. The molecular weight excluding hydrogens is 184 g/mol. The Labute approximate surface area is 92.1 Å². The quantitative estimate of drug-likeness (QED) is 0.726. The summed E-state index contributed by atoms with van der Waals surface area (Å²) in [5, 5.41) is 9.47. The van der Waals surface area contributed by atoms with Crippen molar-refractivity contribution in [2.75, 3.05) is 0 Å². The molecule has 1 fully saturated rings. The number of phenolic OH excluding ortho intramolecular Hbond substituents is 1. The van der Waals surface area contributed by atoms with Gasteiger partial charge in [-0.15, -0.1) is 0 Å². The number of hydrogen-bond donors (Lipinski definition) is 1. The van der Waals surface area contributed by atoms with E-state index in [1.807, 2.05) is 12.1 Å². The summed E-state index contributed by atoms with van der Waals surface area (Å²) in [6.45, 7) is 0. The van der Waals surface area contributed by atoms with Gasteiger partial charge in [0, 0.05) is 0 Å². The third-order valence-electron chi connectivity index (χ3n) is 3.45. The zero-order valence-electron chi connectivity index (χ0n) is 9.28. The number of benzene rings is 1. The Morgan fingerprint density at radius 1 is 0.933 bits per heavy atom. The van der Waals surface area contributed by atoms with Gasteiger partial charge in [0.2, 0.25) is 0 Å². The highest BCUT2D eigenvalue weighted by Crippen LogP contribution is 2.31. The van der Waals surface area contributed by atoms with Crippen molar-refractivity contribution in [1.29, 1.82) is 0 Å². The Hall–Kier alpha value is -0.980. The van der Waals surface area contributed by atoms with Gasteiger partial charge >= 0.3 is 0 Å². The topological polar surface area (TPSA) is 20.2 Å². The fourth-order valence-corrected chi connectivity index (χ4v) is 2.57. The van der Waals surface area contributed by atoms with Crippen LogP contribution in [0.4, 0.5) is 0 Å². The van der Waals surface area contributed by atoms with Crippen molar-refractivity contribution >= 4 is 0 Å². The summed E-state index contributed by atoms with van der Waals surface area (Å²) in [5.41, 5.74) is 1.33. The van der Waals surface area contributed by atoms with Crippen LogP contribution in [0.3, 0.4) is 0 Å². The molecule has 1 saturated carbocycles. The Balaban J connectivity index is 2.06. The van der Waals surface area contributed by atoms with Crippen LogP contribution in [0.15, 0.2) is 24.3 Å². The summed E-state index contributed by atoms with van der Waals surface area (Å²) in [6.07, 6.45) is 9.46. The van der Waals surface area contributed by atoms with Gasteiger partial charge in [-0.3, -0.25) is 0 Å². The lowest BCUT2D eigenvalue weighted by Gasteiger charge is -2.20. The van der Waals surface area contributed by atoms with E-state index in [0.717, 1.165) is 0 Å². The molecule has 82 valence electrons. The van der Waals surface area contributed by atoms with Crippen LogP contribution in [0, 0.1) is 0 Å². The maximum atomic E-state index is 9.47. The van der Waals surface area contributed by atoms with Crippen LogP contribution in [-0.2, 0) is 0 Å². The fraction of sp³-hybridized carbons (Fsp3) is 0.571. The van der Waals surface area contributed by atoms with Gasteiger partial charge in [0.1, 0.15) is 5.75 Å². The minimum atomic E-state index is 0.412. The second-order valence-corrected chi connectivity index (χ2v) is 4.64. The maximum Gasteiger partial charge on any atom is 0.115 e. The summed E-state index contributed by atoms with van der Waals surface area (Å²) in [7, 11) is 0. The van der Waals surface area contributed by atoms with Gasteiger partial charge in [0.15, 0.2) is 0 Å². The van der Waals surface area contributed by atoms with Gasteiger partial charge in [-0.1, -0.05) is 44.2 Å². The monoisotopic (exact) mass is 204 g/mol. The molecule has 1 aromatic carbocycles. The molecule has 1 aromatic rings. The Bertz CT molecular complexity index is 298. The average Bonchev–Trinajstić information content (AvgIpc) is 2.16. The fourth-order valence-electron chi connectivity index (χ4n) is 2.57. The third-order valence-corrected chi connectivity index (χ3v) is 3.45. The van der Waals surface area contributed by atoms with Gasteiger partial charge in [0.05, 0.1) is 0 Å². The van der Waals surface area contributed by atoms with E-state index in [1.54, 1.807) is 6.07 Å². The molecular formula is C14H20O. The first-order chi connectivity index (χ1) is 7.36. The van der Waals surface area contributed by atoms with Crippen LogP contribution in [0.25, 0.3) is 0 Å². The molecule has 1 N–H and O–H groups in total. The maximum absolute atomic E-state index is 9.47. The molecule has 0 atom stereocenters. The first-order valence-corrected chi connectivity index (χ1v) is 6.15. The van der Waals surface area contributed by atoms with Crippen LogP contribution >= 0.6 is 0 Å². The summed E-state index contributed by atoms with van der Waals surface area (Å²) in [4.78, 5) is 0. The normalized spacial score (nSPS) is 19.5. The van der Waals surface area contributed by atoms with Crippen LogP contribution in [0.1, 0.15) is 56.4 Å². The number of phenols is 1. The first-order valence-electron chi connectivity index (χ1n) is 6.15. The zero-order valence-corrected chi connectivity index (χ0v) is 9.28. The summed E-state index contributed by atoms with van der Waals surface area (Å²) >= 11 is 0. The second kappa shape index (κ2) is 5.20. The molecule has 1 aliphatic rings. The molecule has 0 radical (unpaired) electrons. The zero-order chi connectivity index (χ0) is 10.5. The predicted octanol–water partition coefficient (Wildman–Crippen LogP) is 4.22. The third kappa shape index (κ3) is 2.98. The smallest absolute Gasteiger partial charge is 0.115 e. The molecule has 15 heavy (non-hydrogen) atoms. The number of rotatable bonds is 1. The van der Waals surface area contributed by atoms with Crippen molar-refractivity contribution < 1.29 is 5.11 Å². The van der Waals surface area contributed by atoms with E-state index in [4.69, 9.17) is 0 Å². The van der Waals surface area contributed by atoms with E-state index in [9.17, 15) is 5.11 Å². The SMILES string of the molecule is Oc1cccc(C2CCCCCCC2)c1. The Morgan fingerprint density at radius 3 is 2.27 bits per heavy atom. The van der Waals surface area contributed by atoms with Crippen LogP contribution < -0.4 is 0 Å². The summed E-state index contributed by atoms with van der Waals surface area (Å²) < 4.78 is 0. The van der Waals surface area contributed by atoms with Crippen molar-refractivity contribution in [3.63, 3.8) is 0 Å². The molecule has 0 aliphatic heterocycles. The van der Waals surface area contributed by atoms with E-state index in [1.165, 1.54) is 50.5 Å². The molecule has 1 aliphatic carbocycles. The largest absolute Gasteiger partial charge is 0.508 e. The van der Waals surface area contributed by atoms with Crippen molar-refractivity contribution in [3.05, 3.63) is 29.8 Å². The van der Waals surface area contributed by atoms with Crippen LogP contribution in [0.2, 0.25) is 0 Å². The van der Waals surface area contributed by atoms with Crippen LogP contribution in [-0.4, -0.2) is 5.11 Å². The first kappa shape index (κ1) is 10.5. The molecule has 0 amide bonds. The van der Waals surface area contributed by atoms with Gasteiger partial charge in [-0.05, 0) is 36.5 Å². The van der Waals surface area contributed by atoms with Crippen molar-refractivity contribution in [2.45, 2.75) is 50.9 Å². The molecule has 0 saturated heterocycles. The molecule has 2 rings (SSSR count). The van der Waals surface area contributed by atoms with Gasteiger partial charge < -0.3 is 5.11 Å². The van der Waals surface area contributed by atoms with Crippen molar-refractivity contribution in [2.24, 2.45) is 0 Å². The Kier molecular flexibility index (Phi) is 3.65. The van der Waals surface area contributed by atoms with Gasteiger partial charge in [0.25, 0.3) is 0 Å². The molecule has 1 heteroatoms. The van der Waals surface area contributed by atoms with E-state index in [0.29, 0.717) is 11.7 Å². The van der Waals surface area contributed by atoms with Crippen molar-refractivity contribution in [3.8, 4) is 5.75 Å². The highest BCUT2D eigenvalue weighted by Gasteiger charge is 2.13. The molecule has 0 spiro atoms. The van der Waals surface area contributed by atoms with Gasteiger partial charge in [-0.25, -0.2) is 0 Å². The molecule has 0 heterocycles. The van der Waals surface area contributed by atoms with E-state index in [-0.39, 0.29) is 0 Å². The standard InChI is InChI=1S/C14H20O/c15-14-10-6-9-13(11-14)12-7-4-2-1-3-5-8-12/h6,9-12,15H,1-5,7-8H2. The number of aromatic hydroxyl groups is 1. The Morgan fingerprint density at radius 2 is 1.60 bits per heavy atom. The second-order valence-electron chi connectivity index (χ2n) is 4.64. The predicted molar refractivity (Wildman–Crippen MR) is 63.2 cm³/mol. The van der Waals surface area contributed by atoms with Crippen molar-refractivity contribution in [1.82, 2.24) is 0 Å². The minimum absolute atomic E-state index is 0.412. The summed E-state index contributed by atoms with van der Waals surface area (Å²) in [5.74, 6) is 1.09. The lowest BCUT2D eigenvalue weighted by Crippen LogP contribution is -2.02. The highest BCUT2D eigenvalue weighted by atomic mass is 16.3. The average molecular weight is 204 g/mol. The minimum Gasteiger partial charge on any atom is -0.508 e. The molecule has 0 bridgehead atoms. The van der Waals surface area contributed by atoms with Gasteiger partial charge in [-0.2, -0.15) is 0 Å². The molecule has 0 unspecified atom stereocenters. The van der Waals surface area contributed by atoms with Crippen LogP contribution in [0.5, 0.6) is 5.75 Å². The van der Waals surface area contributed by atoms with E-state index >= 15 is 0 Å². The van der Waals surface area contributed by atoms with E-state index in [2.05, 4.69) is 6.07 Å². The lowest BCUT2D eigenvalue weighted by atomic mass is 9.86.